The molecule has 21 nitrogen and oxygen atoms in total. The molecule has 0 aromatic heterocycles. The third kappa shape index (κ3) is 7.62. The topological polar surface area (TPSA) is 351 Å². The molecule has 0 radical (unpaired) electrons. The largest absolute Gasteiger partial charge is 0.571 e. The maximum Gasteiger partial charge on any atom is 0.305 e. The number of hydrogen-bond acceptors (Lipinski definition) is 20. The molecule has 1 aliphatic carbocycles. The summed E-state index contributed by atoms with van der Waals surface area (Å²) < 4.78 is 39.1. The van der Waals surface area contributed by atoms with Gasteiger partial charge in [0.25, 0.3) is 0 Å². The molecule has 16 atom stereocenters. The molecule has 1 aromatic rings. The SMILES string of the molecule is OC[C@H]1O[C@@H](OC2=CC(O)=CC3[OH+]C(c4ccc(O)c(O)c4)=C(O[C@H]4O[C@H](CO)[C@@H](O)[C@H](O)[C@H]4O[C@@H]4O[C@H](CO)[C@@H](O)[C@H](O)[C@H]4O)C=C23)[C@H](O)[C@@H](O)[C@@H]1O. The average Bonchev–Trinajstić information content (AvgIpc) is 3.15. The average molecular weight is 776 g/mol. The number of allylic oxidation sites excluding steroid dienone is 2. The Labute approximate surface area is 304 Å². The predicted octanol–water partition coefficient (Wildman–Crippen LogP) is -5.60. The van der Waals surface area contributed by atoms with Crippen molar-refractivity contribution in [2.45, 2.75) is 98.2 Å². The summed E-state index contributed by atoms with van der Waals surface area (Å²) in [5, 5.41) is 144. The molecular weight excluding hydrogens is 732 g/mol. The highest BCUT2D eigenvalue weighted by molar-refractivity contribution is 5.69. The Bertz CT molecular complexity index is 1620. The van der Waals surface area contributed by atoms with E-state index in [1.165, 1.54) is 18.2 Å². The molecule has 5 aliphatic rings. The van der Waals surface area contributed by atoms with E-state index >= 15 is 0 Å². The second-order valence-corrected chi connectivity index (χ2v) is 13.1. The Morgan fingerprint density at radius 3 is 1.74 bits per heavy atom. The highest BCUT2D eigenvalue weighted by atomic mass is 16.8. The van der Waals surface area contributed by atoms with Crippen molar-refractivity contribution in [1.82, 2.24) is 0 Å². The van der Waals surface area contributed by atoms with Gasteiger partial charge in [0.05, 0.1) is 37.0 Å². The van der Waals surface area contributed by atoms with Crippen LogP contribution in [0.4, 0.5) is 0 Å². The van der Waals surface area contributed by atoms with Gasteiger partial charge in [-0.05, 0) is 12.1 Å². The normalized spacial score (nSPS) is 41.2. The molecular formula is C33H43O21+. The van der Waals surface area contributed by atoms with Crippen LogP contribution < -0.4 is 0 Å². The molecule has 6 rings (SSSR count). The second kappa shape index (κ2) is 16.2. The first-order valence-electron chi connectivity index (χ1n) is 16.7. The lowest BCUT2D eigenvalue weighted by atomic mass is 9.95. The van der Waals surface area contributed by atoms with E-state index in [1.54, 1.807) is 0 Å². The summed E-state index contributed by atoms with van der Waals surface area (Å²) >= 11 is 0. The Balaban J connectivity index is 1.39. The zero-order valence-corrected chi connectivity index (χ0v) is 28.0. The number of aliphatic hydroxyl groups is 14. The van der Waals surface area contributed by atoms with Crippen LogP contribution in [0, 0.1) is 0 Å². The lowest BCUT2D eigenvalue weighted by Crippen LogP contribution is -2.64. The number of fused-ring (bicyclic) bond motifs is 1. The molecule has 3 saturated heterocycles. The van der Waals surface area contributed by atoms with Gasteiger partial charge in [0, 0.05) is 18.2 Å². The van der Waals surface area contributed by atoms with Crippen molar-refractivity contribution in [3.05, 3.63) is 64.8 Å². The molecule has 15 N–H and O–H groups in total. The summed E-state index contributed by atoms with van der Waals surface area (Å²) in [6.07, 6.45) is -23.7. The third-order valence-corrected chi connectivity index (χ3v) is 9.55. The predicted molar refractivity (Wildman–Crippen MR) is 172 cm³/mol. The fourth-order valence-corrected chi connectivity index (χ4v) is 6.46. The number of aromatic hydroxyl groups is 2. The minimum absolute atomic E-state index is 0.0893. The Kier molecular flexibility index (Phi) is 12.0. The standard InChI is InChI=1S/C33H42O21/c34-7-18-21(40)24(43)27(46)31(51-18)49-16-5-11(37)4-15-12(16)6-17(29(48-15)10-1-2-13(38)14(39)3-10)50-33-30(26(45)23(42)20(9-36)53-33)54-32-28(47)25(44)22(41)19(8-35)52-32/h1-6,15,18-28,30-47H,7-9H2/p+1/t15?,18-,19-,20-,21-,22-,23-,24+,25+,26+,27-,28-,30-,31-,32+,33+/m1/s1. The van der Waals surface area contributed by atoms with Gasteiger partial charge in [0.1, 0.15) is 78.7 Å². The summed E-state index contributed by atoms with van der Waals surface area (Å²) in [5.41, 5.74) is 0.198. The number of ether oxygens (including phenoxy) is 7. The zero-order chi connectivity index (χ0) is 39.2. The molecule has 3 fully saturated rings. The Hall–Kier alpha value is -3.62. The third-order valence-electron chi connectivity index (χ3n) is 9.55. The van der Waals surface area contributed by atoms with E-state index in [-0.39, 0.29) is 34.2 Å². The van der Waals surface area contributed by atoms with Crippen molar-refractivity contribution >= 4 is 5.76 Å². The summed E-state index contributed by atoms with van der Waals surface area (Å²) in [6.45, 7) is -2.43. The van der Waals surface area contributed by atoms with Gasteiger partial charge in [0.15, 0.2) is 23.9 Å². The maximum atomic E-state index is 11.2. The molecule has 1 unspecified atom stereocenters. The first kappa shape index (κ1) is 40.1. The van der Waals surface area contributed by atoms with Crippen LogP contribution in [0.25, 0.3) is 5.76 Å². The van der Waals surface area contributed by atoms with Crippen LogP contribution >= 0.6 is 0 Å². The fourth-order valence-electron chi connectivity index (χ4n) is 6.46. The van der Waals surface area contributed by atoms with Gasteiger partial charge in [-0.2, -0.15) is 0 Å². The van der Waals surface area contributed by atoms with E-state index in [2.05, 4.69) is 4.74 Å². The monoisotopic (exact) mass is 775 g/mol. The van der Waals surface area contributed by atoms with Crippen LogP contribution in [-0.4, -0.2) is 194 Å². The zero-order valence-electron chi connectivity index (χ0n) is 28.0. The second-order valence-electron chi connectivity index (χ2n) is 13.1. The summed E-state index contributed by atoms with van der Waals surface area (Å²) in [4.78, 5) is 0. The first-order chi connectivity index (χ1) is 25.7. The van der Waals surface area contributed by atoms with E-state index in [9.17, 15) is 71.5 Å². The van der Waals surface area contributed by atoms with Gasteiger partial charge in [0.2, 0.25) is 24.4 Å². The van der Waals surface area contributed by atoms with E-state index in [0.29, 0.717) is 0 Å². The van der Waals surface area contributed by atoms with Gasteiger partial charge < -0.3 is 105 Å². The molecule has 54 heavy (non-hydrogen) atoms. The summed E-state index contributed by atoms with van der Waals surface area (Å²) in [7, 11) is 0. The molecule has 4 aliphatic heterocycles. The molecule has 0 bridgehead atoms. The number of benzene rings is 1. The minimum atomic E-state index is -1.96. The van der Waals surface area contributed by atoms with E-state index in [0.717, 1.165) is 18.2 Å². The van der Waals surface area contributed by atoms with E-state index in [4.69, 9.17) is 28.4 Å². The molecule has 21 heteroatoms. The lowest BCUT2D eigenvalue weighted by molar-refractivity contribution is -0.363. The van der Waals surface area contributed by atoms with Crippen molar-refractivity contribution in [2.24, 2.45) is 0 Å². The minimum Gasteiger partial charge on any atom is -0.571 e. The number of aliphatic hydroxyl groups excluding tert-OH is 12. The van der Waals surface area contributed by atoms with E-state index < -0.39 is 130 Å². The molecule has 1 aromatic carbocycles. The summed E-state index contributed by atoms with van der Waals surface area (Å²) in [5.74, 6) is -2.03. The first-order valence-corrected chi connectivity index (χ1v) is 16.7. The van der Waals surface area contributed by atoms with Crippen LogP contribution in [0.3, 0.4) is 0 Å². The van der Waals surface area contributed by atoms with Crippen LogP contribution in [0.2, 0.25) is 0 Å². The van der Waals surface area contributed by atoms with Gasteiger partial charge in [-0.15, -0.1) is 0 Å². The van der Waals surface area contributed by atoms with Crippen molar-refractivity contribution in [3.63, 3.8) is 0 Å². The van der Waals surface area contributed by atoms with Crippen molar-refractivity contribution < 1.29 is 105 Å². The number of rotatable bonds is 10. The van der Waals surface area contributed by atoms with Gasteiger partial charge in [-0.3, -0.25) is 0 Å². The number of phenols is 2. The van der Waals surface area contributed by atoms with E-state index in [1.807, 2.05) is 0 Å². The smallest absolute Gasteiger partial charge is 0.305 e. The Morgan fingerprint density at radius 2 is 1.15 bits per heavy atom. The highest BCUT2D eigenvalue weighted by Crippen LogP contribution is 2.41. The van der Waals surface area contributed by atoms with Crippen LogP contribution in [0.1, 0.15) is 5.56 Å². The Morgan fingerprint density at radius 1 is 0.593 bits per heavy atom. The van der Waals surface area contributed by atoms with Crippen molar-refractivity contribution in [3.8, 4) is 11.5 Å². The molecule has 4 heterocycles. The molecule has 0 spiro atoms. The summed E-state index contributed by atoms with van der Waals surface area (Å²) in [6, 6.07) is 3.58. The van der Waals surface area contributed by atoms with Crippen LogP contribution in [-0.2, 0) is 28.4 Å². The lowest BCUT2D eigenvalue weighted by Gasteiger charge is -2.46. The quantitative estimate of drug-likeness (QED) is 0.0778. The van der Waals surface area contributed by atoms with Crippen LogP contribution in [0.5, 0.6) is 11.5 Å². The van der Waals surface area contributed by atoms with Gasteiger partial charge >= 0.3 is 5.76 Å². The van der Waals surface area contributed by atoms with Gasteiger partial charge in [-0.25, -0.2) is 0 Å². The van der Waals surface area contributed by atoms with Crippen molar-refractivity contribution in [2.75, 3.05) is 19.8 Å². The number of phenolic OH excluding ortho intramolecular Hbond substituents is 2. The van der Waals surface area contributed by atoms with Gasteiger partial charge in [-0.1, -0.05) is 0 Å². The highest BCUT2D eigenvalue weighted by Gasteiger charge is 2.52. The van der Waals surface area contributed by atoms with Crippen LogP contribution in [0.15, 0.2) is 59.3 Å². The molecule has 0 amide bonds. The maximum absolute atomic E-state index is 11.2. The van der Waals surface area contributed by atoms with Crippen molar-refractivity contribution in [1.29, 1.82) is 0 Å². The molecule has 300 valence electrons. The number of hydrogen-bond donors (Lipinski definition) is 14. The fraction of sp³-hybridized carbons (Fsp3) is 0.576. The molecule has 0 saturated carbocycles.